The quantitative estimate of drug-likeness (QED) is 0.822. The number of phenols is 1. The van der Waals surface area contributed by atoms with Gasteiger partial charge in [-0.05, 0) is 41.9 Å². The molecular formula is C19H26F3NO2. The Kier molecular flexibility index (Phi) is 5.69. The predicted octanol–water partition coefficient (Wildman–Crippen LogP) is 5.05. The largest absolute Gasteiger partial charge is 0.507 e. The molecular weight excluding hydrogens is 331 g/mol. The lowest BCUT2D eigenvalue weighted by Gasteiger charge is -2.34. The first-order chi connectivity index (χ1) is 11.5. The van der Waals surface area contributed by atoms with Gasteiger partial charge in [0.1, 0.15) is 5.75 Å². The Bertz CT molecular complexity index is 638. The molecule has 0 bridgehead atoms. The van der Waals surface area contributed by atoms with E-state index in [0.717, 1.165) is 5.56 Å². The van der Waals surface area contributed by atoms with Crippen molar-refractivity contribution in [2.24, 2.45) is 5.92 Å². The summed E-state index contributed by atoms with van der Waals surface area (Å²) in [6.45, 7) is 7.72. The Morgan fingerprint density at radius 3 is 2.36 bits per heavy atom. The van der Waals surface area contributed by atoms with Crippen molar-refractivity contribution in [1.82, 2.24) is 4.90 Å². The van der Waals surface area contributed by atoms with Crippen LogP contribution in [0.3, 0.4) is 0 Å². The van der Waals surface area contributed by atoms with Gasteiger partial charge < -0.3 is 10.0 Å². The molecule has 1 N–H and O–H groups in total. The number of phenolic OH excluding ortho intramolecular Hbond substituents is 1. The molecule has 3 nitrogen and oxygen atoms in total. The molecule has 1 amide bonds. The topological polar surface area (TPSA) is 40.5 Å². The number of benzene rings is 1. The number of alkyl halides is 3. The van der Waals surface area contributed by atoms with Crippen LogP contribution in [0.4, 0.5) is 13.2 Å². The number of likely N-dealkylation sites (tertiary alicyclic amines) is 1. The van der Waals surface area contributed by atoms with E-state index in [-0.39, 0.29) is 42.7 Å². The molecule has 2 rings (SSSR count). The molecule has 140 valence electrons. The van der Waals surface area contributed by atoms with E-state index in [0.29, 0.717) is 12.0 Å². The van der Waals surface area contributed by atoms with Crippen LogP contribution in [0.1, 0.15) is 73.9 Å². The fourth-order valence-electron chi connectivity index (χ4n) is 3.22. The summed E-state index contributed by atoms with van der Waals surface area (Å²) >= 11 is 0. The minimum Gasteiger partial charge on any atom is -0.507 e. The molecule has 25 heavy (non-hydrogen) atoms. The number of hydrogen-bond donors (Lipinski definition) is 1. The van der Waals surface area contributed by atoms with Crippen LogP contribution in [0, 0.1) is 5.92 Å². The number of piperidine rings is 1. The van der Waals surface area contributed by atoms with E-state index in [1.54, 1.807) is 6.07 Å². The van der Waals surface area contributed by atoms with Crippen LogP contribution >= 0.6 is 0 Å². The third-order valence-electron chi connectivity index (χ3n) is 4.85. The highest BCUT2D eigenvalue weighted by atomic mass is 19.4. The lowest BCUT2D eigenvalue weighted by molar-refractivity contribution is -0.184. The van der Waals surface area contributed by atoms with Gasteiger partial charge in [-0.1, -0.05) is 33.8 Å². The average Bonchev–Trinajstić information content (AvgIpc) is 2.53. The SMILES string of the molecule is CC(C)c1cc(C(=O)N2CCC[C@@H](C(F)(F)F)C2)c(O)c(C(C)C)c1. The minimum atomic E-state index is -4.30. The normalized spacial score (nSPS) is 18.9. The third-order valence-corrected chi connectivity index (χ3v) is 4.85. The van der Waals surface area contributed by atoms with Gasteiger partial charge in [-0.15, -0.1) is 0 Å². The predicted molar refractivity (Wildman–Crippen MR) is 91.0 cm³/mol. The molecule has 0 aromatic heterocycles. The van der Waals surface area contributed by atoms with Crippen molar-refractivity contribution in [2.75, 3.05) is 13.1 Å². The molecule has 0 saturated carbocycles. The molecule has 6 heteroatoms. The van der Waals surface area contributed by atoms with Gasteiger partial charge in [-0.2, -0.15) is 13.2 Å². The summed E-state index contributed by atoms with van der Waals surface area (Å²) in [5.74, 6) is -1.97. The Labute approximate surface area is 146 Å². The van der Waals surface area contributed by atoms with E-state index >= 15 is 0 Å². The second kappa shape index (κ2) is 7.26. The number of rotatable bonds is 3. The molecule has 0 spiro atoms. The van der Waals surface area contributed by atoms with Crippen LogP contribution in [0.2, 0.25) is 0 Å². The number of amides is 1. The summed E-state index contributed by atoms with van der Waals surface area (Å²) in [7, 11) is 0. The first-order valence-corrected chi connectivity index (χ1v) is 8.75. The van der Waals surface area contributed by atoms with Crippen molar-refractivity contribution in [3.8, 4) is 5.75 Å². The van der Waals surface area contributed by atoms with Gasteiger partial charge in [-0.25, -0.2) is 0 Å². The second-order valence-corrected chi connectivity index (χ2v) is 7.45. The lowest BCUT2D eigenvalue weighted by atomic mass is 9.90. The van der Waals surface area contributed by atoms with Crippen molar-refractivity contribution >= 4 is 5.91 Å². The Morgan fingerprint density at radius 1 is 1.20 bits per heavy atom. The maximum absolute atomic E-state index is 13.0. The number of hydrogen-bond acceptors (Lipinski definition) is 2. The summed E-state index contributed by atoms with van der Waals surface area (Å²) in [5.41, 5.74) is 1.66. The zero-order valence-electron chi connectivity index (χ0n) is 15.2. The number of carbonyl (C=O) groups excluding carboxylic acids is 1. The number of nitrogens with zero attached hydrogens (tertiary/aromatic N) is 1. The fraction of sp³-hybridized carbons (Fsp3) is 0.632. The smallest absolute Gasteiger partial charge is 0.393 e. The minimum absolute atomic E-state index is 0.00882. The molecule has 1 heterocycles. The molecule has 1 aliphatic rings. The van der Waals surface area contributed by atoms with Gasteiger partial charge in [-0.3, -0.25) is 4.79 Å². The molecule has 1 fully saturated rings. The van der Waals surface area contributed by atoms with Crippen molar-refractivity contribution in [1.29, 1.82) is 0 Å². The van der Waals surface area contributed by atoms with Crippen LogP contribution < -0.4 is 0 Å². The standard InChI is InChI=1S/C19H26F3NO2/c1-11(2)13-8-15(12(3)4)17(24)16(9-13)18(25)23-7-5-6-14(10-23)19(20,21)22/h8-9,11-12,14,24H,5-7,10H2,1-4H3/t14-/m1/s1. The van der Waals surface area contributed by atoms with E-state index in [1.807, 2.05) is 33.8 Å². The van der Waals surface area contributed by atoms with Crippen molar-refractivity contribution in [3.63, 3.8) is 0 Å². The van der Waals surface area contributed by atoms with E-state index in [9.17, 15) is 23.1 Å². The Hall–Kier alpha value is -1.72. The van der Waals surface area contributed by atoms with E-state index in [2.05, 4.69) is 0 Å². The maximum Gasteiger partial charge on any atom is 0.393 e. The van der Waals surface area contributed by atoms with Gasteiger partial charge in [0, 0.05) is 13.1 Å². The van der Waals surface area contributed by atoms with Crippen LogP contribution in [-0.4, -0.2) is 35.2 Å². The fourth-order valence-corrected chi connectivity index (χ4v) is 3.22. The first-order valence-electron chi connectivity index (χ1n) is 8.75. The monoisotopic (exact) mass is 357 g/mol. The molecule has 0 aliphatic carbocycles. The summed E-state index contributed by atoms with van der Waals surface area (Å²) in [4.78, 5) is 14.1. The summed E-state index contributed by atoms with van der Waals surface area (Å²) in [6, 6.07) is 3.49. The van der Waals surface area contributed by atoms with Crippen molar-refractivity contribution < 1.29 is 23.1 Å². The second-order valence-electron chi connectivity index (χ2n) is 7.45. The maximum atomic E-state index is 13.0. The van der Waals surface area contributed by atoms with E-state index in [4.69, 9.17) is 0 Å². The summed E-state index contributed by atoms with van der Waals surface area (Å²) in [5, 5.41) is 10.5. The van der Waals surface area contributed by atoms with Gasteiger partial charge in [0.2, 0.25) is 0 Å². The highest BCUT2D eigenvalue weighted by Gasteiger charge is 2.43. The number of aromatic hydroxyl groups is 1. The number of carbonyl (C=O) groups is 1. The first kappa shape index (κ1) is 19.6. The highest BCUT2D eigenvalue weighted by Crippen LogP contribution is 2.36. The highest BCUT2D eigenvalue weighted by molar-refractivity contribution is 5.97. The molecule has 0 unspecified atom stereocenters. The van der Waals surface area contributed by atoms with Gasteiger partial charge in [0.25, 0.3) is 5.91 Å². The van der Waals surface area contributed by atoms with Crippen LogP contribution in [-0.2, 0) is 0 Å². The zero-order valence-corrected chi connectivity index (χ0v) is 15.2. The van der Waals surface area contributed by atoms with Crippen LogP contribution in [0.15, 0.2) is 12.1 Å². The van der Waals surface area contributed by atoms with E-state index < -0.39 is 18.0 Å². The number of halogens is 3. The third kappa shape index (κ3) is 4.28. The van der Waals surface area contributed by atoms with Crippen molar-refractivity contribution in [3.05, 3.63) is 28.8 Å². The average molecular weight is 357 g/mol. The van der Waals surface area contributed by atoms with Gasteiger partial charge >= 0.3 is 6.18 Å². The lowest BCUT2D eigenvalue weighted by Crippen LogP contribution is -2.44. The molecule has 1 aromatic rings. The summed E-state index contributed by atoms with van der Waals surface area (Å²) in [6.07, 6.45) is -3.94. The van der Waals surface area contributed by atoms with Crippen LogP contribution in [0.25, 0.3) is 0 Å². The van der Waals surface area contributed by atoms with Gasteiger partial charge in [0.05, 0.1) is 11.5 Å². The molecule has 0 radical (unpaired) electrons. The molecule has 1 saturated heterocycles. The van der Waals surface area contributed by atoms with E-state index in [1.165, 1.54) is 4.90 Å². The summed E-state index contributed by atoms with van der Waals surface area (Å²) < 4.78 is 39.0. The van der Waals surface area contributed by atoms with Crippen LogP contribution in [0.5, 0.6) is 5.75 Å². The Morgan fingerprint density at radius 2 is 1.84 bits per heavy atom. The molecule has 1 atom stereocenters. The van der Waals surface area contributed by atoms with Gasteiger partial charge in [0.15, 0.2) is 0 Å². The van der Waals surface area contributed by atoms with Crippen molar-refractivity contribution in [2.45, 2.75) is 58.5 Å². The molecule has 1 aromatic carbocycles. The Balaban J connectivity index is 2.38. The zero-order chi connectivity index (χ0) is 18.9. The molecule has 1 aliphatic heterocycles.